The topological polar surface area (TPSA) is 35.6 Å². The van der Waals surface area contributed by atoms with Gasteiger partial charge < -0.3 is 10.2 Å². The van der Waals surface area contributed by atoms with Gasteiger partial charge in [0.25, 0.3) is 0 Å². The molecule has 4 heteroatoms. The predicted octanol–water partition coefficient (Wildman–Crippen LogP) is 0.537. The molecular weight excluding hydrogens is 202 g/mol. The van der Waals surface area contributed by atoms with Gasteiger partial charge in [-0.15, -0.1) is 0 Å². The molecule has 0 radical (unpaired) electrons. The van der Waals surface area contributed by atoms with Gasteiger partial charge in [0.15, 0.2) is 0 Å². The minimum atomic E-state index is -0.0751. The molecule has 0 saturated carbocycles. The third-order valence-electron chi connectivity index (χ3n) is 3.18. The first-order valence-corrected chi connectivity index (χ1v) is 6.04. The molecule has 1 fully saturated rings. The van der Waals surface area contributed by atoms with Gasteiger partial charge in [-0.05, 0) is 41.3 Å². The molecule has 0 aromatic carbocycles. The molecule has 1 heterocycles. The Kier molecular flexibility index (Phi) is 4.33. The molecule has 94 valence electrons. The van der Waals surface area contributed by atoms with Crippen molar-refractivity contribution in [1.29, 1.82) is 0 Å². The Morgan fingerprint density at radius 1 is 1.38 bits per heavy atom. The highest BCUT2D eigenvalue weighted by atomic mass is 16.2. The van der Waals surface area contributed by atoms with Gasteiger partial charge in [0.2, 0.25) is 5.91 Å². The monoisotopic (exact) mass is 227 g/mol. The van der Waals surface area contributed by atoms with Gasteiger partial charge in [-0.1, -0.05) is 0 Å². The van der Waals surface area contributed by atoms with Crippen molar-refractivity contribution in [1.82, 2.24) is 15.1 Å². The zero-order valence-corrected chi connectivity index (χ0v) is 11.2. The lowest BCUT2D eigenvalue weighted by atomic mass is 10.0. The number of carbonyl (C=O) groups excluding carboxylic acids is 1. The van der Waals surface area contributed by atoms with E-state index in [-0.39, 0.29) is 17.5 Å². The molecule has 1 N–H and O–H groups in total. The molecule has 0 aromatic rings. The Labute approximate surface area is 99.0 Å². The highest BCUT2D eigenvalue weighted by Crippen LogP contribution is 2.19. The number of nitrogens with one attached hydrogen (secondary N) is 1. The maximum atomic E-state index is 12.4. The molecule has 0 spiro atoms. The summed E-state index contributed by atoms with van der Waals surface area (Å²) in [4.78, 5) is 16.6. The molecule has 16 heavy (non-hydrogen) atoms. The summed E-state index contributed by atoms with van der Waals surface area (Å²) in [6.45, 7) is 8.89. The highest BCUT2D eigenvalue weighted by molar-refractivity contribution is 5.83. The first-order valence-electron chi connectivity index (χ1n) is 6.04. The van der Waals surface area contributed by atoms with Gasteiger partial charge in [-0.25, -0.2) is 0 Å². The summed E-state index contributed by atoms with van der Waals surface area (Å²) in [5.74, 6) is 0.252. The zero-order chi connectivity index (χ0) is 12.3. The summed E-state index contributed by atoms with van der Waals surface area (Å²) < 4.78 is 0. The Balaban J connectivity index is 2.86. The van der Waals surface area contributed by atoms with Gasteiger partial charge >= 0.3 is 0 Å². The number of nitrogens with zero attached hydrogens (tertiary/aromatic N) is 2. The largest absolute Gasteiger partial charge is 0.336 e. The first kappa shape index (κ1) is 13.5. The van der Waals surface area contributed by atoms with Crippen LogP contribution in [-0.4, -0.2) is 61.0 Å². The van der Waals surface area contributed by atoms with E-state index in [0.717, 1.165) is 26.1 Å². The van der Waals surface area contributed by atoms with Gasteiger partial charge in [-0.2, -0.15) is 0 Å². The average molecular weight is 227 g/mol. The van der Waals surface area contributed by atoms with Crippen LogP contribution in [0.4, 0.5) is 0 Å². The number of hydrogen-bond acceptors (Lipinski definition) is 3. The fourth-order valence-corrected chi connectivity index (χ4v) is 2.22. The van der Waals surface area contributed by atoms with Gasteiger partial charge in [-0.3, -0.25) is 9.69 Å². The third-order valence-corrected chi connectivity index (χ3v) is 3.18. The normalized spacial score (nSPS) is 24.7. The summed E-state index contributed by atoms with van der Waals surface area (Å²) in [6.07, 6.45) is 1.06. The van der Waals surface area contributed by atoms with Crippen LogP contribution in [0, 0.1) is 0 Å². The minimum absolute atomic E-state index is 0.0216. The standard InChI is InChI=1S/C12H25N3O/c1-12(2,3)15-8-6-7-14(5)10(9-13-4)11(15)16/h10,13H,6-9H2,1-5H3. The molecule has 1 amide bonds. The second kappa shape index (κ2) is 5.15. The molecule has 1 aliphatic heterocycles. The fraction of sp³-hybridized carbons (Fsp3) is 0.917. The minimum Gasteiger partial charge on any atom is -0.336 e. The molecule has 0 aliphatic carbocycles. The molecule has 0 bridgehead atoms. The van der Waals surface area contributed by atoms with E-state index in [0.29, 0.717) is 0 Å². The van der Waals surface area contributed by atoms with Crippen LogP contribution in [0.1, 0.15) is 27.2 Å². The summed E-state index contributed by atoms with van der Waals surface area (Å²) in [5.41, 5.74) is -0.0751. The van der Waals surface area contributed by atoms with Crippen LogP contribution < -0.4 is 5.32 Å². The van der Waals surface area contributed by atoms with E-state index in [9.17, 15) is 4.79 Å². The van der Waals surface area contributed by atoms with Crippen LogP contribution in [0.25, 0.3) is 0 Å². The molecule has 4 nitrogen and oxygen atoms in total. The molecule has 1 saturated heterocycles. The number of carbonyl (C=O) groups is 1. The third kappa shape index (κ3) is 2.95. The summed E-state index contributed by atoms with van der Waals surface area (Å²) in [7, 11) is 3.93. The van der Waals surface area contributed by atoms with Gasteiger partial charge in [0, 0.05) is 25.2 Å². The molecule has 0 aromatic heterocycles. The van der Waals surface area contributed by atoms with Crippen molar-refractivity contribution in [3.8, 4) is 0 Å². The summed E-state index contributed by atoms with van der Waals surface area (Å²) >= 11 is 0. The van der Waals surface area contributed by atoms with Crippen LogP contribution in [0.15, 0.2) is 0 Å². The Hall–Kier alpha value is -0.610. The fourth-order valence-electron chi connectivity index (χ4n) is 2.22. The van der Waals surface area contributed by atoms with Crippen molar-refractivity contribution in [3.05, 3.63) is 0 Å². The second-order valence-electron chi connectivity index (χ2n) is 5.57. The van der Waals surface area contributed by atoms with E-state index in [2.05, 4.69) is 31.0 Å². The van der Waals surface area contributed by atoms with E-state index in [1.54, 1.807) is 0 Å². The van der Waals surface area contributed by atoms with Crippen LogP contribution in [-0.2, 0) is 4.79 Å². The average Bonchev–Trinajstić information content (AvgIpc) is 2.29. The molecule has 1 unspecified atom stereocenters. The number of amides is 1. The highest BCUT2D eigenvalue weighted by Gasteiger charge is 2.35. The van der Waals surface area contributed by atoms with Crippen LogP contribution in [0.5, 0.6) is 0 Å². The van der Waals surface area contributed by atoms with Crippen LogP contribution in [0.3, 0.4) is 0 Å². The van der Waals surface area contributed by atoms with Crippen LogP contribution in [0.2, 0.25) is 0 Å². The number of rotatable bonds is 2. The van der Waals surface area contributed by atoms with E-state index in [4.69, 9.17) is 0 Å². The number of likely N-dealkylation sites (N-methyl/N-ethyl adjacent to an activating group) is 2. The van der Waals surface area contributed by atoms with Crippen molar-refractivity contribution in [2.75, 3.05) is 33.7 Å². The van der Waals surface area contributed by atoms with Crippen molar-refractivity contribution >= 4 is 5.91 Å². The molecule has 1 rings (SSSR count). The SMILES string of the molecule is CNCC1C(=O)N(C(C)(C)C)CCCN1C. The van der Waals surface area contributed by atoms with E-state index in [1.807, 2.05) is 19.0 Å². The Morgan fingerprint density at radius 3 is 2.50 bits per heavy atom. The Bertz CT molecular complexity index is 247. The summed E-state index contributed by atoms with van der Waals surface area (Å²) in [5, 5.41) is 3.11. The lowest BCUT2D eigenvalue weighted by Crippen LogP contribution is -2.54. The smallest absolute Gasteiger partial charge is 0.241 e. The van der Waals surface area contributed by atoms with Crippen molar-refractivity contribution in [2.24, 2.45) is 0 Å². The molecule has 1 aliphatic rings. The van der Waals surface area contributed by atoms with Gasteiger partial charge in [0.05, 0.1) is 0 Å². The lowest BCUT2D eigenvalue weighted by molar-refractivity contribution is -0.139. The predicted molar refractivity (Wildman–Crippen MR) is 66.4 cm³/mol. The zero-order valence-electron chi connectivity index (χ0n) is 11.2. The molecule has 1 atom stereocenters. The van der Waals surface area contributed by atoms with E-state index < -0.39 is 0 Å². The maximum absolute atomic E-state index is 12.4. The Morgan fingerprint density at radius 2 is 2.00 bits per heavy atom. The molecular formula is C12H25N3O. The second-order valence-corrected chi connectivity index (χ2v) is 5.57. The van der Waals surface area contributed by atoms with Crippen LogP contribution >= 0.6 is 0 Å². The first-order chi connectivity index (χ1) is 7.38. The van der Waals surface area contributed by atoms with Crippen molar-refractivity contribution in [3.63, 3.8) is 0 Å². The van der Waals surface area contributed by atoms with E-state index in [1.165, 1.54) is 0 Å². The van der Waals surface area contributed by atoms with E-state index >= 15 is 0 Å². The lowest BCUT2D eigenvalue weighted by Gasteiger charge is -2.37. The quantitative estimate of drug-likeness (QED) is 0.748. The maximum Gasteiger partial charge on any atom is 0.241 e. The summed E-state index contributed by atoms with van der Waals surface area (Å²) in [6, 6.07) is -0.0216. The van der Waals surface area contributed by atoms with Crippen molar-refractivity contribution in [2.45, 2.75) is 38.8 Å². The van der Waals surface area contributed by atoms with Crippen molar-refractivity contribution < 1.29 is 4.79 Å². The van der Waals surface area contributed by atoms with Gasteiger partial charge in [0.1, 0.15) is 6.04 Å². The number of hydrogen-bond donors (Lipinski definition) is 1.